The maximum atomic E-state index is 4.38. The summed E-state index contributed by atoms with van der Waals surface area (Å²) >= 11 is 1.85. The first-order chi connectivity index (χ1) is 10.4. The van der Waals surface area contributed by atoms with Crippen LogP contribution in [0, 0.1) is 0 Å². The van der Waals surface area contributed by atoms with Crippen LogP contribution in [0.5, 0.6) is 0 Å². The minimum atomic E-state index is 0.705. The fraction of sp³-hybridized carbons (Fsp3) is 0.471. The second-order valence-electron chi connectivity index (χ2n) is 6.10. The Balaban J connectivity index is 1.56. The van der Waals surface area contributed by atoms with E-state index in [2.05, 4.69) is 45.0 Å². The second-order valence-corrected chi connectivity index (χ2v) is 7.13. The van der Waals surface area contributed by atoms with Crippen LogP contribution in [0.15, 0.2) is 36.0 Å². The van der Waals surface area contributed by atoms with E-state index in [1.54, 1.807) is 0 Å². The van der Waals surface area contributed by atoms with E-state index in [9.17, 15) is 0 Å². The predicted molar refractivity (Wildman–Crippen MR) is 87.6 cm³/mol. The zero-order chi connectivity index (χ0) is 14.1. The van der Waals surface area contributed by atoms with Gasteiger partial charge < -0.3 is 10.2 Å². The summed E-state index contributed by atoms with van der Waals surface area (Å²) < 4.78 is 0. The van der Waals surface area contributed by atoms with Crippen LogP contribution in [-0.4, -0.2) is 17.1 Å². The molecule has 2 aliphatic rings. The maximum Gasteiger partial charge on any atom is 0.0604 e. The van der Waals surface area contributed by atoms with Gasteiger partial charge in [0.05, 0.1) is 18.4 Å². The summed E-state index contributed by atoms with van der Waals surface area (Å²) in [7, 11) is 0. The van der Waals surface area contributed by atoms with Crippen molar-refractivity contribution in [3.63, 3.8) is 0 Å². The summed E-state index contributed by atoms with van der Waals surface area (Å²) in [6.45, 7) is 1.99. The highest BCUT2D eigenvalue weighted by molar-refractivity contribution is 7.09. The quantitative estimate of drug-likeness (QED) is 0.847. The van der Waals surface area contributed by atoms with Crippen LogP contribution in [0.2, 0.25) is 0 Å². The number of hydrogen-bond acceptors (Lipinski definition) is 4. The molecule has 0 saturated heterocycles. The topological polar surface area (TPSA) is 28.2 Å². The van der Waals surface area contributed by atoms with Crippen LogP contribution in [0.3, 0.4) is 0 Å². The first-order valence-corrected chi connectivity index (χ1v) is 8.73. The number of rotatable bonds is 7. The molecule has 0 aliphatic heterocycles. The van der Waals surface area contributed by atoms with Gasteiger partial charge in [0.25, 0.3) is 0 Å². The third kappa shape index (κ3) is 3.27. The van der Waals surface area contributed by atoms with E-state index in [-0.39, 0.29) is 0 Å². The van der Waals surface area contributed by atoms with Crippen LogP contribution in [0.4, 0.5) is 5.69 Å². The highest BCUT2D eigenvalue weighted by Crippen LogP contribution is 2.35. The first kappa shape index (κ1) is 13.3. The Morgan fingerprint density at radius 2 is 2.14 bits per heavy atom. The van der Waals surface area contributed by atoms with Gasteiger partial charge in [0, 0.05) is 29.7 Å². The van der Waals surface area contributed by atoms with Gasteiger partial charge in [0.15, 0.2) is 0 Å². The highest BCUT2D eigenvalue weighted by atomic mass is 32.1. The van der Waals surface area contributed by atoms with Crippen molar-refractivity contribution in [3.05, 3.63) is 46.4 Å². The monoisotopic (exact) mass is 299 g/mol. The summed E-state index contributed by atoms with van der Waals surface area (Å²) in [5.41, 5.74) is 2.71. The molecule has 2 saturated carbocycles. The Kier molecular flexibility index (Phi) is 3.65. The van der Waals surface area contributed by atoms with Gasteiger partial charge in [-0.05, 0) is 48.8 Å². The highest BCUT2D eigenvalue weighted by Gasteiger charge is 2.31. The van der Waals surface area contributed by atoms with Crippen molar-refractivity contribution in [1.82, 2.24) is 10.3 Å². The van der Waals surface area contributed by atoms with Gasteiger partial charge in [-0.25, -0.2) is 0 Å². The summed E-state index contributed by atoms with van der Waals surface area (Å²) in [6, 6.07) is 8.00. The Bertz CT molecular complexity index is 588. The Morgan fingerprint density at radius 1 is 1.24 bits per heavy atom. The third-order valence-electron chi connectivity index (χ3n) is 4.25. The average molecular weight is 299 g/mol. The first-order valence-electron chi connectivity index (χ1n) is 7.85. The van der Waals surface area contributed by atoms with Gasteiger partial charge in [-0.15, -0.1) is 11.3 Å². The molecule has 2 heterocycles. The number of anilines is 1. The van der Waals surface area contributed by atoms with Crippen molar-refractivity contribution in [1.29, 1.82) is 0 Å². The Morgan fingerprint density at radius 3 is 2.86 bits per heavy atom. The van der Waals surface area contributed by atoms with E-state index < -0.39 is 0 Å². The van der Waals surface area contributed by atoms with Gasteiger partial charge in [0.2, 0.25) is 0 Å². The molecule has 0 amide bonds. The van der Waals surface area contributed by atoms with Crippen LogP contribution in [-0.2, 0) is 13.1 Å². The largest absolute Gasteiger partial charge is 0.362 e. The van der Waals surface area contributed by atoms with E-state index in [1.165, 1.54) is 41.8 Å². The van der Waals surface area contributed by atoms with E-state index >= 15 is 0 Å². The predicted octanol–water partition coefficient (Wildman–Crippen LogP) is 3.56. The number of hydrogen-bond donors (Lipinski definition) is 1. The molecule has 4 rings (SSSR count). The molecule has 2 aromatic rings. The Hall–Kier alpha value is -1.39. The molecule has 3 nitrogen and oxygen atoms in total. The molecule has 2 aliphatic carbocycles. The lowest BCUT2D eigenvalue weighted by molar-refractivity contribution is 0.680. The minimum absolute atomic E-state index is 0.705. The van der Waals surface area contributed by atoms with Crippen molar-refractivity contribution in [2.75, 3.05) is 4.90 Å². The van der Waals surface area contributed by atoms with E-state index in [0.717, 1.165) is 19.1 Å². The molecule has 0 bridgehead atoms. The molecule has 0 unspecified atom stereocenters. The van der Waals surface area contributed by atoms with Crippen LogP contribution in [0.1, 0.15) is 36.1 Å². The van der Waals surface area contributed by atoms with E-state index in [1.807, 2.05) is 17.5 Å². The normalized spacial score (nSPS) is 17.9. The van der Waals surface area contributed by atoms with Crippen molar-refractivity contribution in [2.24, 2.45) is 0 Å². The van der Waals surface area contributed by atoms with E-state index in [0.29, 0.717) is 6.04 Å². The fourth-order valence-electron chi connectivity index (χ4n) is 2.73. The van der Waals surface area contributed by atoms with Crippen molar-refractivity contribution < 1.29 is 0 Å². The number of nitrogens with one attached hydrogen (secondary N) is 1. The third-order valence-corrected chi connectivity index (χ3v) is 5.11. The molecule has 0 atom stereocenters. The SMILES string of the molecule is c1csc(CN(c2cnccc2CNC2CC2)C2CC2)c1. The molecule has 0 aromatic carbocycles. The lowest BCUT2D eigenvalue weighted by Crippen LogP contribution is -2.27. The van der Waals surface area contributed by atoms with Crippen LogP contribution in [0.25, 0.3) is 0 Å². The standard InChI is InChI=1S/C17H21N3S/c1-2-16(21-9-1)12-20(15-5-6-15)17-11-18-8-7-13(17)10-19-14-3-4-14/h1-2,7-9,11,14-15,19H,3-6,10,12H2. The van der Waals surface area contributed by atoms with Crippen molar-refractivity contribution >= 4 is 17.0 Å². The molecule has 1 N–H and O–H groups in total. The van der Waals surface area contributed by atoms with Gasteiger partial charge in [-0.2, -0.15) is 0 Å². The molecule has 2 aromatic heterocycles. The maximum absolute atomic E-state index is 4.38. The fourth-order valence-corrected chi connectivity index (χ4v) is 3.44. The summed E-state index contributed by atoms with van der Waals surface area (Å²) in [4.78, 5) is 8.38. The summed E-state index contributed by atoms with van der Waals surface area (Å²) in [5, 5.41) is 5.80. The molecule has 110 valence electrons. The minimum Gasteiger partial charge on any atom is -0.362 e. The van der Waals surface area contributed by atoms with Gasteiger partial charge >= 0.3 is 0 Å². The van der Waals surface area contributed by atoms with Crippen LogP contribution < -0.4 is 10.2 Å². The number of nitrogens with zero attached hydrogens (tertiary/aromatic N) is 2. The molecular weight excluding hydrogens is 278 g/mol. The summed E-state index contributed by atoms with van der Waals surface area (Å²) in [6.07, 6.45) is 9.27. The van der Waals surface area contributed by atoms with Crippen molar-refractivity contribution in [2.45, 2.75) is 50.9 Å². The number of thiophene rings is 1. The molecular formula is C17H21N3S. The van der Waals surface area contributed by atoms with Gasteiger partial charge in [-0.1, -0.05) is 6.07 Å². The van der Waals surface area contributed by atoms with E-state index in [4.69, 9.17) is 0 Å². The Labute approximate surface area is 130 Å². The molecule has 0 spiro atoms. The molecule has 21 heavy (non-hydrogen) atoms. The smallest absolute Gasteiger partial charge is 0.0604 e. The van der Waals surface area contributed by atoms with Crippen LogP contribution >= 0.6 is 11.3 Å². The molecule has 0 radical (unpaired) electrons. The zero-order valence-corrected chi connectivity index (χ0v) is 13.0. The average Bonchev–Trinajstić information content (AvgIpc) is 3.44. The second kappa shape index (κ2) is 5.78. The zero-order valence-electron chi connectivity index (χ0n) is 12.2. The lowest BCUT2D eigenvalue weighted by atomic mass is 10.2. The van der Waals surface area contributed by atoms with Gasteiger partial charge in [0.1, 0.15) is 0 Å². The lowest BCUT2D eigenvalue weighted by Gasteiger charge is -2.26. The molecule has 4 heteroatoms. The number of pyridine rings is 1. The number of aromatic nitrogens is 1. The van der Waals surface area contributed by atoms with Crippen molar-refractivity contribution in [3.8, 4) is 0 Å². The van der Waals surface area contributed by atoms with Gasteiger partial charge in [-0.3, -0.25) is 4.98 Å². The summed E-state index contributed by atoms with van der Waals surface area (Å²) in [5.74, 6) is 0. The molecule has 2 fully saturated rings.